The molecule has 0 spiro atoms. The smallest absolute Gasteiger partial charge is 0.223 e. The molecule has 1 N–H and O–H groups in total. The highest BCUT2D eigenvalue weighted by atomic mass is 35.5. The van der Waals surface area contributed by atoms with Crippen molar-refractivity contribution in [1.29, 1.82) is 0 Å². The lowest BCUT2D eigenvalue weighted by atomic mass is 9.85. The lowest BCUT2D eigenvalue weighted by Gasteiger charge is -2.23. The van der Waals surface area contributed by atoms with Crippen LogP contribution in [0.2, 0.25) is 5.02 Å². The zero-order chi connectivity index (χ0) is 12.5. The van der Waals surface area contributed by atoms with Gasteiger partial charge in [-0.2, -0.15) is 0 Å². The first kappa shape index (κ1) is 11.5. The van der Waals surface area contributed by atoms with Crippen LogP contribution >= 0.6 is 11.6 Å². The number of carbonyl (C=O) groups excluding carboxylic acids is 1. The Labute approximate surface area is 110 Å². The van der Waals surface area contributed by atoms with Crippen molar-refractivity contribution >= 4 is 23.2 Å². The first-order valence-corrected chi connectivity index (χ1v) is 6.51. The van der Waals surface area contributed by atoms with E-state index in [1.807, 2.05) is 22.9 Å². The summed E-state index contributed by atoms with van der Waals surface area (Å²) in [7, 11) is 0. The number of fused-ring (bicyclic) bond motifs is 1. The Morgan fingerprint density at radius 3 is 3.11 bits per heavy atom. The van der Waals surface area contributed by atoms with E-state index in [1.54, 1.807) is 6.07 Å². The van der Waals surface area contributed by atoms with Crippen LogP contribution in [0.3, 0.4) is 0 Å². The summed E-state index contributed by atoms with van der Waals surface area (Å²) in [6.45, 7) is 0.481. The van der Waals surface area contributed by atoms with E-state index in [1.165, 1.54) is 6.42 Å². The lowest BCUT2D eigenvalue weighted by Crippen LogP contribution is -2.34. The third-order valence-electron chi connectivity index (χ3n) is 3.39. The molecule has 1 fully saturated rings. The van der Waals surface area contributed by atoms with E-state index in [9.17, 15) is 4.79 Å². The van der Waals surface area contributed by atoms with Gasteiger partial charge in [0.2, 0.25) is 5.91 Å². The molecule has 1 saturated carbocycles. The predicted molar refractivity (Wildman–Crippen MR) is 69.4 cm³/mol. The number of nitrogens with one attached hydrogen (secondary N) is 1. The summed E-state index contributed by atoms with van der Waals surface area (Å²) in [5.74, 6) is 0.368. The zero-order valence-electron chi connectivity index (χ0n) is 9.90. The maximum Gasteiger partial charge on any atom is 0.223 e. The predicted octanol–water partition coefficient (Wildman–Crippen LogP) is 2.40. The molecule has 4 nitrogen and oxygen atoms in total. The molecule has 0 aromatic carbocycles. The Morgan fingerprint density at radius 1 is 1.56 bits per heavy atom. The summed E-state index contributed by atoms with van der Waals surface area (Å²) >= 11 is 5.90. The van der Waals surface area contributed by atoms with Crippen LogP contribution < -0.4 is 5.32 Å². The number of rotatable bonds is 3. The topological polar surface area (TPSA) is 46.4 Å². The van der Waals surface area contributed by atoms with E-state index in [0.717, 1.165) is 24.2 Å². The normalized spacial score (nSPS) is 15.6. The molecule has 0 aliphatic heterocycles. The number of aromatic nitrogens is 2. The van der Waals surface area contributed by atoms with Gasteiger partial charge >= 0.3 is 0 Å². The average Bonchev–Trinajstić information content (AvgIpc) is 2.65. The molecular formula is C13H14ClN3O. The van der Waals surface area contributed by atoms with Gasteiger partial charge in [0.05, 0.1) is 12.2 Å². The van der Waals surface area contributed by atoms with Crippen molar-refractivity contribution in [2.24, 2.45) is 5.92 Å². The number of hydrogen-bond acceptors (Lipinski definition) is 2. The highest BCUT2D eigenvalue weighted by Crippen LogP contribution is 2.26. The number of nitrogens with zero attached hydrogens (tertiary/aromatic N) is 2. The van der Waals surface area contributed by atoms with Crippen molar-refractivity contribution in [3.05, 3.63) is 35.2 Å². The zero-order valence-corrected chi connectivity index (χ0v) is 10.7. The highest BCUT2D eigenvalue weighted by molar-refractivity contribution is 6.30. The van der Waals surface area contributed by atoms with Crippen molar-refractivity contribution in [1.82, 2.24) is 14.7 Å². The molecule has 0 unspecified atom stereocenters. The van der Waals surface area contributed by atoms with E-state index in [-0.39, 0.29) is 11.8 Å². The Bertz CT molecular complexity index is 589. The van der Waals surface area contributed by atoms with Crippen LogP contribution in [-0.2, 0) is 11.3 Å². The summed E-state index contributed by atoms with van der Waals surface area (Å²) in [6, 6.07) is 3.62. The van der Waals surface area contributed by atoms with Gasteiger partial charge in [0.15, 0.2) is 0 Å². The monoisotopic (exact) mass is 263 g/mol. The standard InChI is InChI=1S/C13H14ClN3O/c14-10-4-5-17-8-11(16-12(17)6-10)7-15-13(18)9-2-1-3-9/h4-6,8-9H,1-3,7H2,(H,15,18). The SMILES string of the molecule is O=C(NCc1cn2ccc(Cl)cc2n1)C1CCC1. The number of imidazole rings is 1. The van der Waals surface area contributed by atoms with Crippen molar-refractivity contribution < 1.29 is 4.79 Å². The molecule has 2 heterocycles. The van der Waals surface area contributed by atoms with Crippen LogP contribution in [0.1, 0.15) is 25.0 Å². The van der Waals surface area contributed by atoms with Gasteiger partial charge in [-0.1, -0.05) is 18.0 Å². The summed E-state index contributed by atoms with van der Waals surface area (Å²) in [6.07, 6.45) is 6.98. The lowest BCUT2D eigenvalue weighted by molar-refractivity contribution is -0.127. The number of hydrogen-bond donors (Lipinski definition) is 1. The molecule has 0 atom stereocenters. The summed E-state index contributed by atoms with van der Waals surface area (Å²) < 4.78 is 1.90. The highest BCUT2D eigenvalue weighted by Gasteiger charge is 2.24. The molecule has 2 aromatic heterocycles. The van der Waals surface area contributed by atoms with Crippen molar-refractivity contribution in [3.63, 3.8) is 0 Å². The molecule has 94 valence electrons. The second-order valence-corrected chi connectivity index (χ2v) is 5.12. The Kier molecular flexibility index (Phi) is 2.96. The quantitative estimate of drug-likeness (QED) is 0.924. The van der Waals surface area contributed by atoms with E-state index in [4.69, 9.17) is 11.6 Å². The second-order valence-electron chi connectivity index (χ2n) is 4.69. The van der Waals surface area contributed by atoms with Crippen LogP contribution in [0.25, 0.3) is 5.65 Å². The van der Waals surface area contributed by atoms with Gasteiger partial charge in [-0.25, -0.2) is 4.98 Å². The van der Waals surface area contributed by atoms with E-state index < -0.39 is 0 Å². The fourth-order valence-electron chi connectivity index (χ4n) is 2.09. The molecular weight excluding hydrogens is 250 g/mol. The molecule has 1 amide bonds. The van der Waals surface area contributed by atoms with Crippen LogP contribution in [0.5, 0.6) is 0 Å². The van der Waals surface area contributed by atoms with Gasteiger partial charge in [0.25, 0.3) is 0 Å². The summed E-state index contributed by atoms with van der Waals surface area (Å²) in [4.78, 5) is 16.1. The van der Waals surface area contributed by atoms with Crippen LogP contribution in [0.4, 0.5) is 0 Å². The van der Waals surface area contributed by atoms with Gasteiger partial charge in [0.1, 0.15) is 5.65 Å². The molecule has 0 bridgehead atoms. The number of amides is 1. The fourth-order valence-corrected chi connectivity index (χ4v) is 2.24. The Hall–Kier alpha value is -1.55. The van der Waals surface area contributed by atoms with Crippen LogP contribution in [-0.4, -0.2) is 15.3 Å². The molecule has 5 heteroatoms. The first-order valence-electron chi connectivity index (χ1n) is 6.13. The summed E-state index contributed by atoms with van der Waals surface area (Å²) in [5.41, 5.74) is 1.65. The average molecular weight is 264 g/mol. The number of halogens is 1. The second kappa shape index (κ2) is 4.61. The fraction of sp³-hybridized carbons (Fsp3) is 0.385. The molecule has 2 aromatic rings. The van der Waals surface area contributed by atoms with Gasteiger partial charge in [0, 0.05) is 23.3 Å². The Balaban J connectivity index is 1.68. The van der Waals surface area contributed by atoms with Gasteiger partial charge in [-0.15, -0.1) is 0 Å². The number of pyridine rings is 1. The summed E-state index contributed by atoms with van der Waals surface area (Å²) in [5, 5.41) is 3.59. The molecule has 1 aliphatic carbocycles. The van der Waals surface area contributed by atoms with Crippen LogP contribution in [0.15, 0.2) is 24.5 Å². The van der Waals surface area contributed by atoms with Gasteiger partial charge in [-0.3, -0.25) is 4.79 Å². The molecule has 18 heavy (non-hydrogen) atoms. The molecule has 3 rings (SSSR count). The minimum atomic E-state index is 0.149. The maximum absolute atomic E-state index is 11.7. The largest absolute Gasteiger partial charge is 0.350 e. The van der Waals surface area contributed by atoms with E-state index >= 15 is 0 Å². The van der Waals surface area contributed by atoms with E-state index in [2.05, 4.69) is 10.3 Å². The first-order chi connectivity index (χ1) is 8.72. The third-order valence-corrected chi connectivity index (χ3v) is 3.63. The van der Waals surface area contributed by atoms with Crippen molar-refractivity contribution in [3.8, 4) is 0 Å². The van der Waals surface area contributed by atoms with E-state index in [0.29, 0.717) is 11.6 Å². The van der Waals surface area contributed by atoms with Crippen molar-refractivity contribution in [2.75, 3.05) is 0 Å². The van der Waals surface area contributed by atoms with Gasteiger partial charge in [-0.05, 0) is 25.0 Å². The minimum absolute atomic E-state index is 0.149. The number of carbonyl (C=O) groups is 1. The molecule has 0 saturated heterocycles. The Morgan fingerprint density at radius 2 is 2.39 bits per heavy atom. The third kappa shape index (κ3) is 2.20. The maximum atomic E-state index is 11.7. The van der Waals surface area contributed by atoms with Gasteiger partial charge < -0.3 is 9.72 Å². The minimum Gasteiger partial charge on any atom is -0.350 e. The van der Waals surface area contributed by atoms with Crippen LogP contribution in [0, 0.1) is 5.92 Å². The molecule has 1 aliphatic rings. The van der Waals surface area contributed by atoms with Crippen molar-refractivity contribution in [2.45, 2.75) is 25.8 Å². The molecule has 0 radical (unpaired) electrons.